The molecule has 0 rings (SSSR count). The van der Waals surface area contributed by atoms with Crippen molar-refractivity contribution in [3.63, 3.8) is 0 Å². The molecular formula is C11H16. The summed E-state index contributed by atoms with van der Waals surface area (Å²) in [4.78, 5) is 0. The molecule has 1 unspecified atom stereocenters. The van der Waals surface area contributed by atoms with E-state index in [2.05, 4.69) is 32.2 Å². The van der Waals surface area contributed by atoms with Gasteiger partial charge in [-0.05, 0) is 12.3 Å². The number of rotatable bonds is 5. The number of hydrogen-bond acceptors (Lipinski definition) is 0. The molecule has 0 heteroatoms. The summed E-state index contributed by atoms with van der Waals surface area (Å²) in [7, 11) is 0. The Morgan fingerprint density at radius 3 is 2.55 bits per heavy atom. The Morgan fingerprint density at radius 1 is 1.27 bits per heavy atom. The first-order valence-corrected chi connectivity index (χ1v) is 3.88. The minimum Gasteiger partial charge on any atom is -0.103 e. The van der Waals surface area contributed by atoms with Crippen LogP contribution >= 0.6 is 0 Å². The molecule has 0 bridgehead atoms. The van der Waals surface area contributed by atoms with Crippen LogP contribution in [0.1, 0.15) is 13.3 Å². The van der Waals surface area contributed by atoms with Gasteiger partial charge in [0.15, 0.2) is 0 Å². The molecule has 0 aliphatic carbocycles. The van der Waals surface area contributed by atoms with Crippen LogP contribution in [0.2, 0.25) is 0 Å². The largest absolute Gasteiger partial charge is 0.103 e. The van der Waals surface area contributed by atoms with Crippen LogP contribution in [0.5, 0.6) is 0 Å². The van der Waals surface area contributed by atoms with E-state index >= 15 is 0 Å². The zero-order valence-electron chi connectivity index (χ0n) is 7.16. The molecule has 0 N–H and O–H groups in total. The van der Waals surface area contributed by atoms with Gasteiger partial charge in [0.05, 0.1) is 0 Å². The molecule has 0 aliphatic heterocycles. The molecule has 0 aromatic heterocycles. The van der Waals surface area contributed by atoms with Gasteiger partial charge in [0.25, 0.3) is 0 Å². The van der Waals surface area contributed by atoms with Crippen molar-refractivity contribution in [2.45, 2.75) is 13.3 Å². The van der Waals surface area contributed by atoms with Crippen LogP contribution in [-0.2, 0) is 0 Å². The van der Waals surface area contributed by atoms with Crippen molar-refractivity contribution < 1.29 is 0 Å². The second-order valence-corrected chi connectivity index (χ2v) is 2.43. The van der Waals surface area contributed by atoms with Crippen LogP contribution in [0.3, 0.4) is 0 Å². The predicted molar refractivity (Wildman–Crippen MR) is 52.5 cm³/mol. The highest BCUT2D eigenvalue weighted by Gasteiger charge is 1.82. The Morgan fingerprint density at radius 2 is 2.00 bits per heavy atom. The van der Waals surface area contributed by atoms with Gasteiger partial charge in [-0.25, -0.2) is 0 Å². The lowest BCUT2D eigenvalue weighted by molar-refractivity contribution is 0.944. The van der Waals surface area contributed by atoms with Gasteiger partial charge < -0.3 is 0 Å². The van der Waals surface area contributed by atoms with Crippen LogP contribution in [0, 0.1) is 5.92 Å². The van der Waals surface area contributed by atoms with E-state index in [9.17, 15) is 0 Å². The SMILES string of the molecule is C=CCC=CC=CC(C)C=C. The number of hydrogen-bond donors (Lipinski definition) is 0. The lowest BCUT2D eigenvalue weighted by Gasteiger charge is -1.91. The molecule has 0 radical (unpaired) electrons. The molecule has 1 atom stereocenters. The molecule has 0 amide bonds. The maximum absolute atomic E-state index is 3.68. The van der Waals surface area contributed by atoms with Crippen molar-refractivity contribution >= 4 is 0 Å². The zero-order chi connectivity index (χ0) is 8.53. The van der Waals surface area contributed by atoms with Crippen molar-refractivity contribution in [1.82, 2.24) is 0 Å². The van der Waals surface area contributed by atoms with E-state index in [-0.39, 0.29) is 0 Å². The average molecular weight is 148 g/mol. The van der Waals surface area contributed by atoms with Crippen LogP contribution in [-0.4, -0.2) is 0 Å². The van der Waals surface area contributed by atoms with E-state index in [1.807, 2.05) is 24.3 Å². The van der Waals surface area contributed by atoms with E-state index < -0.39 is 0 Å². The summed E-state index contributed by atoms with van der Waals surface area (Å²) < 4.78 is 0. The fourth-order valence-corrected chi connectivity index (χ4v) is 0.571. The van der Waals surface area contributed by atoms with E-state index in [0.29, 0.717) is 5.92 Å². The second kappa shape index (κ2) is 7.07. The van der Waals surface area contributed by atoms with Crippen LogP contribution in [0.25, 0.3) is 0 Å². The highest BCUT2D eigenvalue weighted by atomic mass is 13.9. The summed E-state index contributed by atoms with van der Waals surface area (Å²) in [5, 5.41) is 0. The van der Waals surface area contributed by atoms with Gasteiger partial charge in [0, 0.05) is 0 Å². The fourth-order valence-electron chi connectivity index (χ4n) is 0.571. The molecule has 0 saturated heterocycles. The third kappa shape index (κ3) is 6.85. The summed E-state index contributed by atoms with van der Waals surface area (Å²) in [6, 6.07) is 0. The van der Waals surface area contributed by atoms with Crippen molar-refractivity contribution in [2.75, 3.05) is 0 Å². The Kier molecular flexibility index (Phi) is 6.40. The lowest BCUT2D eigenvalue weighted by Crippen LogP contribution is -1.77. The lowest BCUT2D eigenvalue weighted by atomic mass is 10.1. The topological polar surface area (TPSA) is 0 Å². The van der Waals surface area contributed by atoms with Gasteiger partial charge in [-0.1, -0.05) is 43.4 Å². The summed E-state index contributed by atoms with van der Waals surface area (Å²) in [5.41, 5.74) is 0. The average Bonchev–Trinajstić information content (AvgIpc) is 2.04. The maximum atomic E-state index is 3.68. The zero-order valence-corrected chi connectivity index (χ0v) is 7.16. The normalized spacial score (nSPS) is 13.9. The van der Waals surface area contributed by atoms with Gasteiger partial charge in [-0.3, -0.25) is 0 Å². The summed E-state index contributed by atoms with van der Waals surface area (Å²) in [5.74, 6) is 0.461. The summed E-state index contributed by atoms with van der Waals surface area (Å²) >= 11 is 0. The van der Waals surface area contributed by atoms with Crippen molar-refractivity contribution in [3.05, 3.63) is 49.6 Å². The first-order valence-electron chi connectivity index (χ1n) is 3.88. The van der Waals surface area contributed by atoms with Crippen LogP contribution in [0.4, 0.5) is 0 Å². The Labute approximate surface area is 69.6 Å². The minimum atomic E-state index is 0.461. The molecule has 0 heterocycles. The quantitative estimate of drug-likeness (QED) is 0.413. The Balaban J connectivity index is 3.57. The Bertz CT molecular complexity index is 161. The summed E-state index contributed by atoms with van der Waals surface area (Å²) in [6.45, 7) is 9.40. The van der Waals surface area contributed by atoms with Gasteiger partial charge in [0.2, 0.25) is 0 Å². The molecular weight excluding hydrogens is 132 g/mol. The first kappa shape index (κ1) is 9.96. The van der Waals surface area contributed by atoms with E-state index in [1.54, 1.807) is 0 Å². The molecule has 0 aliphatic rings. The smallest absolute Gasteiger partial charge is 0.00814 e. The second-order valence-electron chi connectivity index (χ2n) is 2.43. The monoisotopic (exact) mass is 148 g/mol. The van der Waals surface area contributed by atoms with Crippen molar-refractivity contribution in [3.8, 4) is 0 Å². The molecule has 0 fully saturated rings. The van der Waals surface area contributed by atoms with Gasteiger partial charge >= 0.3 is 0 Å². The maximum Gasteiger partial charge on any atom is -0.00814 e. The highest BCUT2D eigenvalue weighted by Crippen LogP contribution is 1.97. The fraction of sp³-hybridized carbons (Fsp3) is 0.273. The molecule has 0 aromatic rings. The van der Waals surface area contributed by atoms with Crippen molar-refractivity contribution in [1.29, 1.82) is 0 Å². The van der Waals surface area contributed by atoms with E-state index in [1.165, 1.54) is 0 Å². The molecule has 60 valence electrons. The standard InChI is InChI=1S/C11H16/c1-4-6-7-8-9-10-11(3)5-2/h4-5,7-11H,1-2,6H2,3H3. The molecule has 0 aromatic carbocycles. The van der Waals surface area contributed by atoms with Crippen LogP contribution in [0.15, 0.2) is 49.6 Å². The van der Waals surface area contributed by atoms with E-state index in [0.717, 1.165) is 6.42 Å². The predicted octanol–water partition coefficient (Wildman–Crippen LogP) is 3.50. The third-order valence-corrected chi connectivity index (χ3v) is 1.34. The molecule has 11 heavy (non-hydrogen) atoms. The molecule has 0 saturated carbocycles. The number of allylic oxidation sites excluding steroid dienone is 6. The van der Waals surface area contributed by atoms with E-state index in [4.69, 9.17) is 0 Å². The first-order chi connectivity index (χ1) is 5.31. The Hall–Kier alpha value is -1.04. The minimum absolute atomic E-state index is 0.461. The van der Waals surface area contributed by atoms with Crippen LogP contribution < -0.4 is 0 Å². The van der Waals surface area contributed by atoms with Gasteiger partial charge in [-0.2, -0.15) is 0 Å². The summed E-state index contributed by atoms with van der Waals surface area (Å²) in [6.07, 6.45) is 13.0. The van der Waals surface area contributed by atoms with Gasteiger partial charge in [0.1, 0.15) is 0 Å². The molecule has 0 nitrogen and oxygen atoms in total. The highest BCUT2D eigenvalue weighted by molar-refractivity contribution is 5.07. The van der Waals surface area contributed by atoms with Crippen molar-refractivity contribution in [2.24, 2.45) is 5.92 Å². The van der Waals surface area contributed by atoms with Gasteiger partial charge in [-0.15, -0.1) is 13.2 Å². The molecule has 0 spiro atoms. The third-order valence-electron chi connectivity index (χ3n) is 1.34.